The summed E-state index contributed by atoms with van der Waals surface area (Å²) in [5, 5.41) is 3.02. The molecule has 4 heteroatoms. The largest absolute Gasteiger partial charge is 0.469 e. The molecule has 110 valence electrons. The molecule has 4 nitrogen and oxygen atoms in total. The fraction of sp³-hybridized carbons (Fsp3) is 0.867. The molecule has 1 fully saturated rings. The Labute approximate surface area is 116 Å². The maximum absolute atomic E-state index is 12.0. The molecule has 0 aliphatic heterocycles. The van der Waals surface area contributed by atoms with Crippen LogP contribution in [-0.4, -0.2) is 25.5 Å². The van der Waals surface area contributed by atoms with Crippen LogP contribution in [0.1, 0.15) is 52.4 Å². The van der Waals surface area contributed by atoms with Crippen molar-refractivity contribution in [3.05, 3.63) is 0 Å². The first-order chi connectivity index (χ1) is 9.13. The Balaban J connectivity index is 2.49. The molecule has 0 aromatic heterocycles. The third kappa shape index (κ3) is 4.51. The van der Waals surface area contributed by atoms with E-state index < -0.39 is 0 Å². The van der Waals surface area contributed by atoms with Crippen LogP contribution in [0, 0.1) is 17.8 Å². The van der Waals surface area contributed by atoms with Gasteiger partial charge in [-0.15, -0.1) is 0 Å². The zero-order valence-corrected chi connectivity index (χ0v) is 12.4. The number of hydrogen-bond donors (Lipinski definition) is 1. The summed E-state index contributed by atoms with van der Waals surface area (Å²) in [4.78, 5) is 23.7. The van der Waals surface area contributed by atoms with Gasteiger partial charge in [0, 0.05) is 12.5 Å². The lowest BCUT2D eigenvalue weighted by Gasteiger charge is -2.30. The van der Waals surface area contributed by atoms with Crippen LogP contribution in [-0.2, 0) is 14.3 Å². The standard InChI is InChI=1S/C15H27NO3/c1-4-11(5-2)14(17)16-10-12-8-6-7-9-13(12)15(18)19-3/h11-13H,4-10H2,1-3H3,(H,16,17). The van der Waals surface area contributed by atoms with Gasteiger partial charge in [0.25, 0.3) is 0 Å². The van der Waals surface area contributed by atoms with E-state index in [1.807, 2.05) is 13.8 Å². The minimum atomic E-state index is -0.124. The average Bonchev–Trinajstić information content (AvgIpc) is 2.45. The molecule has 19 heavy (non-hydrogen) atoms. The van der Waals surface area contributed by atoms with E-state index >= 15 is 0 Å². The average molecular weight is 269 g/mol. The van der Waals surface area contributed by atoms with Crippen LogP contribution >= 0.6 is 0 Å². The second-order valence-electron chi connectivity index (χ2n) is 5.43. The van der Waals surface area contributed by atoms with Gasteiger partial charge in [-0.25, -0.2) is 0 Å². The Morgan fingerprint density at radius 2 is 1.84 bits per heavy atom. The summed E-state index contributed by atoms with van der Waals surface area (Å²) in [6.45, 7) is 4.67. The van der Waals surface area contributed by atoms with Gasteiger partial charge in [0.2, 0.25) is 5.91 Å². The van der Waals surface area contributed by atoms with E-state index in [0.717, 1.165) is 38.5 Å². The van der Waals surface area contributed by atoms with Crippen molar-refractivity contribution >= 4 is 11.9 Å². The molecule has 0 heterocycles. The molecule has 1 N–H and O–H groups in total. The molecule has 0 bridgehead atoms. The van der Waals surface area contributed by atoms with Gasteiger partial charge in [-0.1, -0.05) is 26.7 Å². The predicted octanol–water partition coefficient (Wildman–Crippen LogP) is 2.52. The summed E-state index contributed by atoms with van der Waals surface area (Å²) >= 11 is 0. The van der Waals surface area contributed by atoms with E-state index in [4.69, 9.17) is 4.74 Å². The molecular weight excluding hydrogens is 242 g/mol. The normalized spacial score (nSPS) is 23.2. The monoisotopic (exact) mass is 269 g/mol. The van der Waals surface area contributed by atoms with Crippen molar-refractivity contribution in [2.24, 2.45) is 17.8 Å². The van der Waals surface area contributed by atoms with Gasteiger partial charge in [0.05, 0.1) is 13.0 Å². The lowest BCUT2D eigenvalue weighted by atomic mass is 9.79. The molecular formula is C15H27NO3. The van der Waals surface area contributed by atoms with E-state index in [9.17, 15) is 9.59 Å². The Morgan fingerprint density at radius 1 is 1.21 bits per heavy atom. The van der Waals surface area contributed by atoms with Gasteiger partial charge >= 0.3 is 5.97 Å². The molecule has 0 radical (unpaired) electrons. The van der Waals surface area contributed by atoms with Gasteiger partial charge in [-0.05, 0) is 31.6 Å². The molecule has 0 spiro atoms. The number of carbonyl (C=O) groups is 2. The van der Waals surface area contributed by atoms with Crippen LogP contribution in [0.25, 0.3) is 0 Å². The number of nitrogens with one attached hydrogen (secondary N) is 1. The lowest BCUT2D eigenvalue weighted by molar-refractivity contribution is -0.149. The van der Waals surface area contributed by atoms with Crippen molar-refractivity contribution < 1.29 is 14.3 Å². The minimum absolute atomic E-state index is 0.0410. The first-order valence-electron chi connectivity index (χ1n) is 7.49. The van der Waals surface area contributed by atoms with Crippen LogP contribution in [0.15, 0.2) is 0 Å². The minimum Gasteiger partial charge on any atom is -0.469 e. The molecule has 1 saturated carbocycles. The first kappa shape index (κ1) is 16.0. The van der Waals surface area contributed by atoms with E-state index in [1.165, 1.54) is 7.11 Å². The second-order valence-corrected chi connectivity index (χ2v) is 5.43. The molecule has 1 amide bonds. The van der Waals surface area contributed by atoms with Gasteiger partial charge < -0.3 is 10.1 Å². The molecule has 2 atom stereocenters. The maximum atomic E-state index is 12.0. The van der Waals surface area contributed by atoms with Crippen molar-refractivity contribution in [2.45, 2.75) is 52.4 Å². The third-order valence-electron chi connectivity index (χ3n) is 4.31. The number of methoxy groups -OCH3 is 1. The number of carbonyl (C=O) groups excluding carboxylic acids is 2. The Morgan fingerprint density at radius 3 is 2.42 bits per heavy atom. The number of ether oxygens (including phenoxy) is 1. The predicted molar refractivity (Wildman–Crippen MR) is 74.5 cm³/mol. The molecule has 0 aromatic rings. The molecule has 1 aliphatic rings. The van der Waals surface area contributed by atoms with Crippen molar-refractivity contribution in [1.29, 1.82) is 0 Å². The molecule has 0 aromatic carbocycles. The first-order valence-corrected chi connectivity index (χ1v) is 7.49. The molecule has 1 rings (SSSR count). The second kappa shape index (κ2) is 8.18. The summed E-state index contributed by atoms with van der Waals surface area (Å²) in [7, 11) is 1.44. The smallest absolute Gasteiger partial charge is 0.309 e. The number of rotatable bonds is 6. The summed E-state index contributed by atoms with van der Waals surface area (Å²) in [6.07, 6.45) is 5.85. The zero-order chi connectivity index (χ0) is 14.3. The van der Waals surface area contributed by atoms with Crippen LogP contribution < -0.4 is 5.32 Å². The fourth-order valence-corrected chi connectivity index (χ4v) is 2.95. The summed E-state index contributed by atoms with van der Waals surface area (Å²) in [5.41, 5.74) is 0. The van der Waals surface area contributed by atoms with Gasteiger partial charge in [0.15, 0.2) is 0 Å². The highest BCUT2D eigenvalue weighted by Crippen LogP contribution is 2.30. The SMILES string of the molecule is CCC(CC)C(=O)NCC1CCCCC1C(=O)OC. The van der Waals surface area contributed by atoms with Crippen molar-refractivity contribution in [3.8, 4) is 0 Å². The Hall–Kier alpha value is -1.06. The van der Waals surface area contributed by atoms with Crippen molar-refractivity contribution in [1.82, 2.24) is 5.32 Å². The summed E-state index contributed by atoms with van der Waals surface area (Å²) in [5.74, 6) is 0.293. The van der Waals surface area contributed by atoms with Crippen LogP contribution in [0.3, 0.4) is 0 Å². The topological polar surface area (TPSA) is 55.4 Å². The number of hydrogen-bond acceptors (Lipinski definition) is 3. The highest BCUT2D eigenvalue weighted by Gasteiger charge is 2.32. The molecule has 2 unspecified atom stereocenters. The van der Waals surface area contributed by atoms with E-state index in [-0.39, 0.29) is 29.6 Å². The Bertz CT molecular complexity index is 300. The highest BCUT2D eigenvalue weighted by molar-refractivity contribution is 5.78. The van der Waals surface area contributed by atoms with Gasteiger partial charge in [-0.2, -0.15) is 0 Å². The Kier molecular flexibility index (Phi) is 6.89. The van der Waals surface area contributed by atoms with Crippen LogP contribution in [0.2, 0.25) is 0 Å². The van der Waals surface area contributed by atoms with Gasteiger partial charge in [0.1, 0.15) is 0 Å². The lowest BCUT2D eigenvalue weighted by Crippen LogP contribution is -2.39. The quantitative estimate of drug-likeness (QED) is 0.754. The highest BCUT2D eigenvalue weighted by atomic mass is 16.5. The zero-order valence-electron chi connectivity index (χ0n) is 12.4. The summed E-state index contributed by atoms with van der Waals surface area (Å²) < 4.78 is 4.86. The third-order valence-corrected chi connectivity index (χ3v) is 4.31. The van der Waals surface area contributed by atoms with Crippen LogP contribution in [0.5, 0.6) is 0 Å². The molecule has 0 saturated heterocycles. The number of amides is 1. The van der Waals surface area contributed by atoms with Gasteiger partial charge in [-0.3, -0.25) is 9.59 Å². The molecule has 1 aliphatic carbocycles. The van der Waals surface area contributed by atoms with Crippen LogP contribution in [0.4, 0.5) is 0 Å². The van der Waals surface area contributed by atoms with E-state index in [2.05, 4.69) is 5.32 Å². The summed E-state index contributed by atoms with van der Waals surface area (Å²) in [6, 6.07) is 0. The number of esters is 1. The van der Waals surface area contributed by atoms with E-state index in [0.29, 0.717) is 6.54 Å². The fourth-order valence-electron chi connectivity index (χ4n) is 2.95. The van der Waals surface area contributed by atoms with E-state index in [1.54, 1.807) is 0 Å². The van der Waals surface area contributed by atoms with Crippen molar-refractivity contribution in [3.63, 3.8) is 0 Å². The van der Waals surface area contributed by atoms with Crippen molar-refractivity contribution in [2.75, 3.05) is 13.7 Å². The maximum Gasteiger partial charge on any atom is 0.309 e.